The van der Waals surface area contributed by atoms with E-state index in [-0.39, 0.29) is 13.0 Å². The molecule has 198 valence electrons. The van der Waals surface area contributed by atoms with E-state index in [1.54, 1.807) is 28.1 Å². The number of ether oxygens (including phenoxy) is 4. The number of aliphatic hydroxyl groups is 4. The predicted molar refractivity (Wildman–Crippen MR) is 126 cm³/mol. The van der Waals surface area contributed by atoms with Crippen LogP contribution in [0.25, 0.3) is 0 Å². The fourth-order valence-electron chi connectivity index (χ4n) is 5.55. The molecular weight excluding hydrogens is 458 g/mol. The Balaban J connectivity index is 1.48. The Morgan fingerprint density at radius 1 is 1.00 bits per heavy atom. The molecule has 7 N–H and O–H groups in total. The van der Waals surface area contributed by atoms with Crippen molar-refractivity contribution in [3.8, 4) is 5.75 Å². The number of fused-ring (bicyclic) bond motifs is 2. The summed E-state index contributed by atoms with van der Waals surface area (Å²) in [5.41, 5.74) is -0.641. The third-order valence-electron chi connectivity index (χ3n) is 7.52. The van der Waals surface area contributed by atoms with Gasteiger partial charge < -0.3 is 55.3 Å². The lowest BCUT2D eigenvalue weighted by molar-refractivity contribution is -0.482. The quantitative estimate of drug-likeness (QED) is 0.201. The van der Waals surface area contributed by atoms with Crippen LogP contribution in [0.15, 0.2) is 24.3 Å². The van der Waals surface area contributed by atoms with Gasteiger partial charge in [-0.3, -0.25) is 0 Å². The predicted octanol–water partition coefficient (Wildman–Crippen LogP) is -1.92. The Bertz CT molecular complexity index is 847. The Morgan fingerprint density at radius 3 is 2.31 bits per heavy atom. The number of aliphatic hydroxyl groups excluding tert-OH is 2. The average molecular weight is 498 g/mol. The molecule has 0 aromatic heterocycles. The first-order chi connectivity index (χ1) is 16.7. The zero-order chi connectivity index (χ0) is 25.4. The lowest BCUT2D eigenvalue weighted by Gasteiger charge is -2.60. The Morgan fingerprint density at radius 2 is 1.69 bits per heavy atom. The maximum atomic E-state index is 11.7. The molecule has 1 saturated carbocycles. The summed E-state index contributed by atoms with van der Waals surface area (Å²) >= 11 is 0. The van der Waals surface area contributed by atoms with E-state index in [0.29, 0.717) is 13.0 Å². The second-order valence-electron chi connectivity index (χ2n) is 9.78. The molecule has 0 amide bonds. The summed E-state index contributed by atoms with van der Waals surface area (Å²) in [7, 11) is 4.91. The van der Waals surface area contributed by atoms with E-state index in [4.69, 9.17) is 18.9 Å². The van der Waals surface area contributed by atoms with Gasteiger partial charge in [0.2, 0.25) is 12.1 Å². The first-order valence-corrected chi connectivity index (χ1v) is 12.1. The Hall–Kier alpha value is -1.38. The maximum Gasteiger partial charge on any atom is 0.249 e. The van der Waals surface area contributed by atoms with Gasteiger partial charge in [-0.25, -0.2) is 0 Å². The molecule has 10 atom stereocenters. The first kappa shape index (κ1) is 26.7. The first-order valence-electron chi connectivity index (χ1n) is 12.1. The average Bonchev–Trinajstić information content (AvgIpc) is 2.83. The maximum absolute atomic E-state index is 11.7. The Labute approximate surface area is 205 Å². The van der Waals surface area contributed by atoms with Crippen molar-refractivity contribution in [3.05, 3.63) is 29.8 Å². The molecule has 0 bridgehead atoms. The zero-order valence-corrected chi connectivity index (χ0v) is 20.7. The van der Waals surface area contributed by atoms with E-state index < -0.39 is 60.3 Å². The molecule has 2 aliphatic heterocycles. The summed E-state index contributed by atoms with van der Waals surface area (Å²) in [6.45, 7) is 2.36. The highest BCUT2D eigenvalue weighted by Gasteiger charge is 2.68. The largest absolute Gasteiger partial charge is 0.497 e. The van der Waals surface area contributed by atoms with Crippen LogP contribution in [-0.4, -0.2) is 115 Å². The Kier molecular flexibility index (Phi) is 8.04. The molecule has 1 aromatic carbocycles. The fraction of sp³-hybridized carbons (Fsp3) is 0.750. The van der Waals surface area contributed by atoms with Gasteiger partial charge >= 0.3 is 0 Å². The fourth-order valence-corrected chi connectivity index (χ4v) is 5.55. The van der Waals surface area contributed by atoms with Crippen LogP contribution in [0, 0.1) is 0 Å². The van der Waals surface area contributed by atoms with Crippen LogP contribution in [0.1, 0.15) is 18.9 Å². The minimum absolute atomic E-state index is 0.0269. The van der Waals surface area contributed by atoms with E-state index in [9.17, 15) is 20.4 Å². The van der Waals surface area contributed by atoms with Gasteiger partial charge in [-0.1, -0.05) is 12.1 Å². The van der Waals surface area contributed by atoms with E-state index in [1.807, 2.05) is 24.3 Å². The second kappa shape index (κ2) is 10.5. The lowest BCUT2D eigenvalue weighted by Crippen LogP contribution is -2.81. The monoisotopic (exact) mass is 497 g/mol. The zero-order valence-electron chi connectivity index (χ0n) is 20.7. The van der Waals surface area contributed by atoms with Crippen molar-refractivity contribution in [2.45, 2.75) is 80.0 Å². The molecule has 11 nitrogen and oxygen atoms in total. The molecular formula is C24H39N3O8. The van der Waals surface area contributed by atoms with Crippen LogP contribution < -0.4 is 20.7 Å². The molecule has 4 rings (SSSR count). The molecule has 3 aliphatic rings. The third kappa shape index (κ3) is 4.82. The summed E-state index contributed by atoms with van der Waals surface area (Å²) in [6.07, 6.45) is -4.90. The van der Waals surface area contributed by atoms with Crippen molar-refractivity contribution >= 4 is 0 Å². The molecule has 0 spiro atoms. The van der Waals surface area contributed by atoms with Crippen molar-refractivity contribution in [1.82, 2.24) is 16.0 Å². The highest BCUT2D eigenvalue weighted by atomic mass is 16.8. The van der Waals surface area contributed by atoms with Crippen molar-refractivity contribution in [2.24, 2.45) is 0 Å². The van der Waals surface area contributed by atoms with Gasteiger partial charge in [0.25, 0.3) is 0 Å². The van der Waals surface area contributed by atoms with Crippen LogP contribution >= 0.6 is 0 Å². The molecule has 0 unspecified atom stereocenters. The van der Waals surface area contributed by atoms with Crippen LogP contribution in [0.2, 0.25) is 0 Å². The second-order valence-corrected chi connectivity index (χ2v) is 9.78. The normalized spacial score (nSPS) is 43.3. The van der Waals surface area contributed by atoms with Crippen LogP contribution in [-0.2, 0) is 20.6 Å². The third-order valence-corrected chi connectivity index (χ3v) is 7.52. The smallest absolute Gasteiger partial charge is 0.249 e. The van der Waals surface area contributed by atoms with Crippen molar-refractivity contribution in [1.29, 1.82) is 0 Å². The lowest BCUT2D eigenvalue weighted by atomic mass is 9.77. The molecule has 3 fully saturated rings. The van der Waals surface area contributed by atoms with Gasteiger partial charge in [-0.15, -0.1) is 0 Å². The topological polar surface area (TPSA) is 154 Å². The van der Waals surface area contributed by atoms with E-state index in [0.717, 1.165) is 11.3 Å². The van der Waals surface area contributed by atoms with Crippen LogP contribution in [0.3, 0.4) is 0 Å². The molecule has 1 aromatic rings. The summed E-state index contributed by atoms with van der Waals surface area (Å²) < 4.78 is 23.2. The summed E-state index contributed by atoms with van der Waals surface area (Å²) in [6, 6.07) is 6.39. The summed E-state index contributed by atoms with van der Waals surface area (Å²) in [5, 5.41) is 54.1. The van der Waals surface area contributed by atoms with Gasteiger partial charge in [0.15, 0.2) is 0 Å². The number of methoxy groups -OCH3 is 1. The van der Waals surface area contributed by atoms with Crippen LogP contribution in [0.4, 0.5) is 0 Å². The van der Waals surface area contributed by atoms with Gasteiger partial charge in [0, 0.05) is 13.0 Å². The minimum Gasteiger partial charge on any atom is -0.497 e. The number of benzene rings is 1. The van der Waals surface area contributed by atoms with Crippen molar-refractivity contribution in [2.75, 3.05) is 34.3 Å². The van der Waals surface area contributed by atoms with Crippen molar-refractivity contribution < 1.29 is 39.4 Å². The molecule has 2 saturated heterocycles. The SMILES string of the molecule is CN[C@@H]1[C@H](O)[C@H](NC)[C@H]2O[C@]3(O)[C@H](O[C@@H]2[C@H]1O)O[C@H](C)C[C@@]3(O)CNCCc1ccc(OC)cc1. The van der Waals surface area contributed by atoms with Gasteiger partial charge in [0.05, 0.1) is 31.4 Å². The highest BCUT2D eigenvalue weighted by molar-refractivity contribution is 5.27. The number of rotatable bonds is 8. The molecule has 0 radical (unpaired) electrons. The van der Waals surface area contributed by atoms with Crippen LogP contribution in [0.5, 0.6) is 5.75 Å². The van der Waals surface area contributed by atoms with E-state index in [1.165, 1.54) is 0 Å². The van der Waals surface area contributed by atoms with E-state index in [2.05, 4.69) is 16.0 Å². The number of hydrogen-bond acceptors (Lipinski definition) is 11. The van der Waals surface area contributed by atoms with Crippen molar-refractivity contribution in [3.63, 3.8) is 0 Å². The van der Waals surface area contributed by atoms with Gasteiger partial charge in [-0.05, 0) is 51.7 Å². The summed E-state index contributed by atoms with van der Waals surface area (Å²) in [4.78, 5) is 0. The van der Waals surface area contributed by atoms with Gasteiger partial charge in [-0.2, -0.15) is 0 Å². The number of nitrogens with one attached hydrogen (secondary N) is 3. The van der Waals surface area contributed by atoms with Gasteiger partial charge in [0.1, 0.15) is 29.7 Å². The summed E-state index contributed by atoms with van der Waals surface area (Å²) in [5.74, 6) is -1.43. The molecule has 11 heteroatoms. The number of likely N-dealkylation sites (N-methyl/N-ethyl adjacent to an activating group) is 2. The standard InChI is InChI=1S/C24H39N3O8/c1-13-11-23(30,12-27-10-9-14-5-7-15(32-4)8-6-14)24(31)22(33-13)34-21-19(29)16(25-2)18(28)17(26-3)20(21)35-24/h5-8,13,16-22,25-31H,9-12H2,1-4H3/t13-,16-,17+,18+,19+,20-,21-,22+,23-,24-/m1/s1. The molecule has 2 heterocycles. The number of hydrogen-bond donors (Lipinski definition) is 7. The minimum atomic E-state index is -2.21. The van der Waals surface area contributed by atoms with E-state index >= 15 is 0 Å². The molecule has 1 aliphatic carbocycles. The highest BCUT2D eigenvalue weighted by Crippen LogP contribution is 2.46. The molecule has 35 heavy (non-hydrogen) atoms.